The van der Waals surface area contributed by atoms with Gasteiger partial charge in [-0.2, -0.15) is 0 Å². The van der Waals surface area contributed by atoms with Crippen molar-refractivity contribution in [1.29, 1.82) is 0 Å². The molecule has 2 aromatic rings. The van der Waals surface area contributed by atoms with E-state index in [1.807, 2.05) is 24.3 Å². The van der Waals surface area contributed by atoms with Crippen LogP contribution in [0.5, 0.6) is 0 Å². The van der Waals surface area contributed by atoms with E-state index >= 15 is 0 Å². The standard InChI is InChI=1S/C14H13BrCl2N2/c1-2-3-8-11-18-13(16)12(14(17)19-11)9-6-4-5-7-10(9)15/h4-7H,2-3,8H2,1H3. The smallest absolute Gasteiger partial charge is 0.142 e. The molecule has 0 aliphatic carbocycles. The highest BCUT2D eigenvalue weighted by Crippen LogP contribution is 2.36. The largest absolute Gasteiger partial charge is 0.220 e. The molecule has 1 aromatic carbocycles. The van der Waals surface area contributed by atoms with Gasteiger partial charge in [-0.05, 0) is 12.5 Å². The molecule has 0 amide bonds. The van der Waals surface area contributed by atoms with E-state index in [1.165, 1.54) is 0 Å². The Morgan fingerprint density at radius 3 is 2.32 bits per heavy atom. The Labute approximate surface area is 131 Å². The number of halogens is 3. The zero-order valence-corrected chi connectivity index (χ0v) is 13.6. The van der Waals surface area contributed by atoms with E-state index in [2.05, 4.69) is 32.8 Å². The van der Waals surface area contributed by atoms with Gasteiger partial charge in [0.15, 0.2) is 0 Å². The van der Waals surface area contributed by atoms with Crippen LogP contribution in [0, 0.1) is 0 Å². The molecular formula is C14H13BrCl2N2. The SMILES string of the molecule is CCCCc1nc(Cl)c(-c2ccccc2Br)c(Cl)n1. The molecule has 0 saturated heterocycles. The Bertz CT molecular complexity index is 564. The Balaban J connectivity index is 2.45. The Hall–Kier alpha value is -0.640. The summed E-state index contributed by atoms with van der Waals surface area (Å²) in [5.41, 5.74) is 1.58. The van der Waals surface area contributed by atoms with Gasteiger partial charge in [0.25, 0.3) is 0 Å². The van der Waals surface area contributed by atoms with Gasteiger partial charge in [0.1, 0.15) is 16.1 Å². The van der Waals surface area contributed by atoms with Crippen LogP contribution in [-0.2, 0) is 6.42 Å². The molecule has 2 nitrogen and oxygen atoms in total. The molecule has 0 aliphatic rings. The summed E-state index contributed by atoms with van der Waals surface area (Å²) < 4.78 is 0.920. The topological polar surface area (TPSA) is 25.8 Å². The van der Waals surface area contributed by atoms with Gasteiger partial charge in [0.05, 0.1) is 5.56 Å². The van der Waals surface area contributed by atoms with E-state index in [9.17, 15) is 0 Å². The predicted octanol–water partition coefficient (Wildman–Crippen LogP) is 5.56. The lowest BCUT2D eigenvalue weighted by Gasteiger charge is -2.09. The molecule has 0 fully saturated rings. The number of hydrogen-bond donors (Lipinski definition) is 0. The number of nitrogens with zero attached hydrogens (tertiary/aromatic N) is 2. The van der Waals surface area contributed by atoms with E-state index in [1.54, 1.807) is 0 Å². The maximum absolute atomic E-state index is 6.26. The zero-order valence-electron chi connectivity index (χ0n) is 10.5. The summed E-state index contributed by atoms with van der Waals surface area (Å²) in [6.07, 6.45) is 2.91. The summed E-state index contributed by atoms with van der Waals surface area (Å²) >= 11 is 16.0. The minimum Gasteiger partial charge on any atom is -0.220 e. The maximum atomic E-state index is 6.26. The second-order valence-corrected chi connectivity index (χ2v) is 5.75. The maximum Gasteiger partial charge on any atom is 0.142 e. The number of aromatic nitrogens is 2. The Morgan fingerprint density at radius 2 is 1.74 bits per heavy atom. The molecule has 0 atom stereocenters. The lowest BCUT2D eigenvalue weighted by molar-refractivity contribution is 0.752. The quantitative estimate of drug-likeness (QED) is 0.668. The first-order valence-corrected chi connectivity index (χ1v) is 7.65. The fourth-order valence-corrected chi connectivity index (χ4v) is 2.89. The first-order valence-electron chi connectivity index (χ1n) is 6.10. The molecule has 1 heterocycles. The predicted molar refractivity (Wildman–Crippen MR) is 83.8 cm³/mol. The Kier molecular flexibility index (Phi) is 5.20. The van der Waals surface area contributed by atoms with Crippen LogP contribution < -0.4 is 0 Å². The molecule has 0 saturated carbocycles. The zero-order chi connectivity index (χ0) is 13.8. The minimum atomic E-state index is 0.401. The lowest BCUT2D eigenvalue weighted by atomic mass is 10.1. The normalized spacial score (nSPS) is 10.7. The van der Waals surface area contributed by atoms with Crippen molar-refractivity contribution in [1.82, 2.24) is 9.97 Å². The fourth-order valence-electron chi connectivity index (χ4n) is 1.78. The molecule has 0 aliphatic heterocycles. The molecule has 100 valence electrons. The monoisotopic (exact) mass is 358 g/mol. The van der Waals surface area contributed by atoms with Crippen molar-refractivity contribution in [2.45, 2.75) is 26.2 Å². The van der Waals surface area contributed by atoms with Crippen molar-refractivity contribution in [2.24, 2.45) is 0 Å². The van der Waals surface area contributed by atoms with Crippen LogP contribution in [0.2, 0.25) is 10.3 Å². The van der Waals surface area contributed by atoms with Crippen LogP contribution in [0.25, 0.3) is 11.1 Å². The van der Waals surface area contributed by atoms with Crippen LogP contribution in [0.3, 0.4) is 0 Å². The number of hydrogen-bond acceptors (Lipinski definition) is 2. The summed E-state index contributed by atoms with van der Waals surface area (Å²) in [6.45, 7) is 2.12. The van der Waals surface area contributed by atoms with Gasteiger partial charge in [-0.25, -0.2) is 9.97 Å². The average molecular weight is 360 g/mol. The Morgan fingerprint density at radius 1 is 1.11 bits per heavy atom. The summed E-state index contributed by atoms with van der Waals surface area (Å²) in [5.74, 6) is 0.702. The molecule has 19 heavy (non-hydrogen) atoms. The van der Waals surface area contributed by atoms with Gasteiger partial charge < -0.3 is 0 Å². The molecule has 0 N–H and O–H groups in total. The molecule has 1 aromatic heterocycles. The molecule has 0 unspecified atom stereocenters. The summed E-state index contributed by atoms with van der Waals surface area (Å²) in [4.78, 5) is 8.68. The third-order valence-electron chi connectivity index (χ3n) is 2.76. The van der Waals surface area contributed by atoms with Crippen molar-refractivity contribution < 1.29 is 0 Å². The van der Waals surface area contributed by atoms with Crippen LogP contribution in [0.1, 0.15) is 25.6 Å². The van der Waals surface area contributed by atoms with E-state index in [4.69, 9.17) is 23.2 Å². The summed E-state index contributed by atoms with van der Waals surface area (Å²) in [7, 11) is 0. The first kappa shape index (κ1) is 14.8. The van der Waals surface area contributed by atoms with E-state index < -0.39 is 0 Å². The van der Waals surface area contributed by atoms with Crippen LogP contribution in [-0.4, -0.2) is 9.97 Å². The van der Waals surface area contributed by atoms with E-state index in [-0.39, 0.29) is 0 Å². The highest BCUT2D eigenvalue weighted by atomic mass is 79.9. The highest BCUT2D eigenvalue weighted by molar-refractivity contribution is 9.10. The molecular weight excluding hydrogens is 347 g/mol. The van der Waals surface area contributed by atoms with Gasteiger partial charge in [-0.1, -0.05) is 70.7 Å². The van der Waals surface area contributed by atoms with Gasteiger partial charge in [-0.3, -0.25) is 0 Å². The van der Waals surface area contributed by atoms with Crippen LogP contribution in [0.15, 0.2) is 28.7 Å². The van der Waals surface area contributed by atoms with Gasteiger partial charge in [-0.15, -0.1) is 0 Å². The van der Waals surface area contributed by atoms with E-state index in [0.717, 1.165) is 29.3 Å². The fraction of sp³-hybridized carbons (Fsp3) is 0.286. The van der Waals surface area contributed by atoms with Crippen LogP contribution >= 0.6 is 39.1 Å². The van der Waals surface area contributed by atoms with Gasteiger partial charge in [0.2, 0.25) is 0 Å². The minimum absolute atomic E-state index is 0.401. The third-order valence-corrected chi connectivity index (χ3v) is 4.00. The second-order valence-electron chi connectivity index (χ2n) is 4.18. The highest BCUT2D eigenvalue weighted by Gasteiger charge is 2.15. The summed E-state index contributed by atoms with van der Waals surface area (Å²) in [6, 6.07) is 7.74. The number of unbranched alkanes of at least 4 members (excludes halogenated alkanes) is 1. The molecule has 0 bridgehead atoms. The number of rotatable bonds is 4. The second kappa shape index (κ2) is 6.69. The van der Waals surface area contributed by atoms with E-state index in [0.29, 0.717) is 21.7 Å². The van der Waals surface area contributed by atoms with Crippen molar-refractivity contribution in [3.8, 4) is 11.1 Å². The van der Waals surface area contributed by atoms with Crippen molar-refractivity contribution in [3.05, 3.63) is 44.9 Å². The molecule has 0 spiro atoms. The summed E-state index contributed by atoms with van der Waals surface area (Å²) in [5, 5.41) is 0.802. The van der Waals surface area contributed by atoms with Crippen molar-refractivity contribution in [3.63, 3.8) is 0 Å². The van der Waals surface area contributed by atoms with Crippen LogP contribution in [0.4, 0.5) is 0 Å². The van der Waals surface area contributed by atoms with Gasteiger partial charge >= 0.3 is 0 Å². The molecule has 5 heteroatoms. The third kappa shape index (κ3) is 3.47. The first-order chi connectivity index (χ1) is 9.13. The van der Waals surface area contributed by atoms with Gasteiger partial charge in [0, 0.05) is 16.5 Å². The number of aryl methyl sites for hydroxylation is 1. The van der Waals surface area contributed by atoms with Crippen molar-refractivity contribution >= 4 is 39.1 Å². The molecule has 0 radical (unpaired) electrons. The molecule has 2 rings (SSSR count). The number of benzene rings is 1. The average Bonchev–Trinajstić information content (AvgIpc) is 2.38. The van der Waals surface area contributed by atoms with Crippen molar-refractivity contribution in [2.75, 3.05) is 0 Å². The lowest BCUT2D eigenvalue weighted by Crippen LogP contribution is -1.99.